The molecule has 1 aromatic rings. The number of rotatable bonds is 8. The van der Waals surface area contributed by atoms with E-state index in [0.717, 1.165) is 32.2 Å². The van der Waals surface area contributed by atoms with Crippen molar-refractivity contribution in [2.24, 2.45) is 5.92 Å². The normalized spacial score (nSPS) is 15.1. The molecule has 1 aromatic carbocycles. The van der Waals surface area contributed by atoms with Gasteiger partial charge < -0.3 is 10.1 Å². The van der Waals surface area contributed by atoms with Crippen molar-refractivity contribution in [3.8, 4) is 0 Å². The minimum absolute atomic E-state index is 0.764. The van der Waals surface area contributed by atoms with Gasteiger partial charge in [0.25, 0.3) is 0 Å². The van der Waals surface area contributed by atoms with E-state index in [4.69, 9.17) is 4.74 Å². The van der Waals surface area contributed by atoms with E-state index in [1.54, 1.807) is 0 Å². The van der Waals surface area contributed by atoms with E-state index in [2.05, 4.69) is 36.5 Å². The summed E-state index contributed by atoms with van der Waals surface area (Å²) in [6.45, 7) is 5.93. The SMILES string of the molecule is CCCNCc1ccccc1COCC1CC1. The van der Waals surface area contributed by atoms with E-state index >= 15 is 0 Å². The fourth-order valence-corrected chi connectivity index (χ4v) is 1.89. The summed E-state index contributed by atoms with van der Waals surface area (Å²) in [5, 5.41) is 3.45. The summed E-state index contributed by atoms with van der Waals surface area (Å²) in [5.74, 6) is 0.848. The van der Waals surface area contributed by atoms with E-state index in [0.29, 0.717) is 0 Å². The maximum absolute atomic E-state index is 5.76. The van der Waals surface area contributed by atoms with Gasteiger partial charge in [-0.3, -0.25) is 0 Å². The quantitative estimate of drug-likeness (QED) is 0.697. The lowest BCUT2D eigenvalue weighted by molar-refractivity contribution is 0.110. The first-order valence-corrected chi connectivity index (χ1v) is 6.75. The molecule has 0 saturated heterocycles. The number of ether oxygens (including phenoxy) is 1. The van der Waals surface area contributed by atoms with Crippen LogP contribution in [0.5, 0.6) is 0 Å². The molecule has 1 saturated carbocycles. The van der Waals surface area contributed by atoms with Crippen LogP contribution < -0.4 is 5.32 Å². The van der Waals surface area contributed by atoms with Gasteiger partial charge in [0.1, 0.15) is 0 Å². The van der Waals surface area contributed by atoms with Crippen LogP contribution in [0.2, 0.25) is 0 Å². The maximum Gasteiger partial charge on any atom is 0.0720 e. The molecule has 0 bridgehead atoms. The molecule has 1 N–H and O–H groups in total. The van der Waals surface area contributed by atoms with Gasteiger partial charge in [-0.15, -0.1) is 0 Å². The van der Waals surface area contributed by atoms with Crippen molar-refractivity contribution in [2.45, 2.75) is 39.3 Å². The molecular weight excluding hydrogens is 210 g/mol. The van der Waals surface area contributed by atoms with Gasteiger partial charge in [-0.05, 0) is 42.9 Å². The van der Waals surface area contributed by atoms with Gasteiger partial charge in [-0.2, -0.15) is 0 Å². The highest BCUT2D eigenvalue weighted by molar-refractivity contribution is 5.26. The lowest BCUT2D eigenvalue weighted by Gasteiger charge is -2.10. The van der Waals surface area contributed by atoms with Crippen molar-refractivity contribution in [2.75, 3.05) is 13.2 Å². The molecule has 2 rings (SSSR count). The zero-order chi connectivity index (χ0) is 11.9. The van der Waals surface area contributed by atoms with Crippen LogP contribution >= 0.6 is 0 Å². The smallest absolute Gasteiger partial charge is 0.0720 e. The molecule has 0 aromatic heterocycles. The first-order valence-electron chi connectivity index (χ1n) is 6.75. The fraction of sp³-hybridized carbons (Fsp3) is 0.600. The second kappa shape index (κ2) is 6.77. The number of hydrogen-bond acceptors (Lipinski definition) is 2. The predicted octanol–water partition coefficient (Wildman–Crippen LogP) is 3.11. The molecule has 0 radical (unpaired) electrons. The van der Waals surface area contributed by atoms with E-state index in [1.807, 2.05) is 0 Å². The van der Waals surface area contributed by atoms with Crippen molar-refractivity contribution >= 4 is 0 Å². The highest BCUT2D eigenvalue weighted by atomic mass is 16.5. The summed E-state index contributed by atoms with van der Waals surface area (Å²) in [4.78, 5) is 0. The van der Waals surface area contributed by atoms with Crippen LogP contribution in [0.4, 0.5) is 0 Å². The molecule has 94 valence electrons. The largest absolute Gasteiger partial charge is 0.376 e. The highest BCUT2D eigenvalue weighted by Crippen LogP contribution is 2.29. The van der Waals surface area contributed by atoms with Crippen LogP contribution in [0, 0.1) is 5.92 Å². The molecule has 2 heteroatoms. The summed E-state index contributed by atoms with van der Waals surface area (Å²) in [6.07, 6.45) is 3.90. The van der Waals surface area contributed by atoms with Crippen molar-refractivity contribution in [1.82, 2.24) is 5.32 Å². The molecule has 1 fully saturated rings. The summed E-state index contributed by atoms with van der Waals surface area (Å²) in [5.41, 5.74) is 2.70. The molecular formula is C15H23NO. The van der Waals surface area contributed by atoms with Crippen LogP contribution in [0.1, 0.15) is 37.3 Å². The Hall–Kier alpha value is -0.860. The van der Waals surface area contributed by atoms with Gasteiger partial charge >= 0.3 is 0 Å². The minimum atomic E-state index is 0.764. The molecule has 1 aliphatic rings. The van der Waals surface area contributed by atoms with Gasteiger partial charge in [0.15, 0.2) is 0 Å². The summed E-state index contributed by atoms with van der Waals surface area (Å²) < 4.78 is 5.76. The third kappa shape index (κ3) is 4.49. The first-order chi connectivity index (χ1) is 8.40. The second-order valence-electron chi connectivity index (χ2n) is 4.90. The van der Waals surface area contributed by atoms with Gasteiger partial charge in [0, 0.05) is 13.2 Å². The molecule has 0 aliphatic heterocycles. The Balaban J connectivity index is 1.80. The Morgan fingerprint density at radius 2 is 2.00 bits per heavy atom. The van der Waals surface area contributed by atoms with Crippen LogP contribution in [0.15, 0.2) is 24.3 Å². The first kappa shape index (κ1) is 12.6. The summed E-state index contributed by atoms with van der Waals surface area (Å²) in [6, 6.07) is 8.57. The lowest BCUT2D eigenvalue weighted by Crippen LogP contribution is -2.15. The van der Waals surface area contributed by atoms with Crippen LogP contribution in [-0.2, 0) is 17.9 Å². The van der Waals surface area contributed by atoms with Crippen LogP contribution in [0.25, 0.3) is 0 Å². The summed E-state index contributed by atoms with van der Waals surface area (Å²) >= 11 is 0. The van der Waals surface area contributed by atoms with Gasteiger partial charge in [-0.1, -0.05) is 31.2 Å². The molecule has 0 spiro atoms. The number of nitrogens with one attached hydrogen (secondary N) is 1. The monoisotopic (exact) mass is 233 g/mol. The van der Waals surface area contributed by atoms with Crippen molar-refractivity contribution < 1.29 is 4.74 Å². The molecule has 0 atom stereocenters. The number of hydrogen-bond donors (Lipinski definition) is 1. The zero-order valence-electron chi connectivity index (χ0n) is 10.7. The minimum Gasteiger partial charge on any atom is -0.376 e. The third-order valence-corrected chi connectivity index (χ3v) is 3.17. The van der Waals surface area contributed by atoms with E-state index in [-0.39, 0.29) is 0 Å². The van der Waals surface area contributed by atoms with E-state index < -0.39 is 0 Å². The third-order valence-electron chi connectivity index (χ3n) is 3.17. The van der Waals surface area contributed by atoms with Gasteiger partial charge in [0.05, 0.1) is 6.61 Å². The standard InChI is InChI=1S/C15H23NO/c1-2-9-16-10-14-5-3-4-6-15(14)12-17-11-13-7-8-13/h3-6,13,16H,2,7-12H2,1H3. The Morgan fingerprint density at radius 1 is 1.24 bits per heavy atom. The fourth-order valence-electron chi connectivity index (χ4n) is 1.89. The average molecular weight is 233 g/mol. The maximum atomic E-state index is 5.76. The topological polar surface area (TPSA) is 21.3 Å². The van der Waals surface area contributed by atoms with Crippen LogP contribution in [-0.4, -0.2) is 13.2 Å². The van der Waals surface area contributed by atoms with Crippen LogP contribution in [0.3, 0.4) is 0 Å². The molecule has 2 nitrogen and oxygen atoms in total. The highest BCUT2D eigenvalue weighted by Gasteiger charge is 2.21. The predicted molar refractivity (Wildman–Crippen MR) is 70.8 cm³/mol. The summed E-state index contributed by atoms with van der Waals surface area (Å²) in [7, 11) is 0. The Bertz CT molecular complexity index is 333. The van der Waals surface area contributed by atoms with E-state index in [9.17, 15) is 0 Å². The number of benzene rings is 1. The van der Waals surface area contributed by atoms with Crippen molar-refractivity contribution in [1.29, 1.82) is 0 Å². The lowest BCUT2D eigenvalue weighted by atomic mass is 10.1. The van der Waals surface area contributed by atoms with E-state index in [1.165, 1.54) is 30.4 Å². The molecule has 0 heterocycles. The Morgan fingerprint density at radius 3 is 2.71 bits per heavy atom. The molecule has 17 heavy (non-hydrogen) atoms. The molecule has 0 unspecified atom stereocenters. The van der Waals surface area contributed by atoms with Gasteiger partial charge in [-0.25, -0.2) is 0 Å². The Kier molecular flexibility index (Phi) is 5.02. The second-order valence-corrected chi connectivity index (χ2v) is 4.90. The zero-order valence-corrected chi connectivity index (χ0v) is 10.7. The van der Waals surface area contributed by atoms with Crippen molar-refractivity contribution in [3.05, 3.63) is 35.4 Å². The average Bonchev–Trinajstić information content (AvgIpc) is 3.15. The Labute approximate surface area is 104 Å². The molecule has 1 aliphatic carbocycles. The van der Waals surface area contributed by atoms with Crippen molar-refractivity contribution in [3.63, 3.8) is 0 Å². The molecule has 0 amide bonds. The van der Waals surface area contributed by atoms with Gasteiger partial charge in [0.2, 0.25) is 0 Å².